The number of ketones is 1. The van der Waals surface area contributed by atoms with E-state index in [4.69, 9.17) is 0 Å². The highest BCUT2D eigenvalue weighted by Crippen LogP contribution is 2.10. The zero-order valence-electron chi connectivity index (χ0n) is 9.53. The first kappa shape index (κ1) is 12.4. The Kier molecular flexibility index (Phi) is 5.58. The Bertz CT molecular complexity index is 278. The van der Waals surface area contributed by atoms with Gasteiger partial charge < -0.3 is 4.90 Å². The van der Waals surface area contributed by atoms with Crippen LogP contribution in [-0.4, -0.2) is 30.3 Å². The monoisotopic (exact) mass is 225 g/mol. The fourth-order valence-electron chi connectivity index (χ4n) is 1.52. The second kappa shape index (κ2) is 6.75. The lowest BCUT2D eigenvalue weighted by atomic mass is 10.2. The van der Waals surface area contributed by atoms with Crippen LogP contribution in [0.4, 0.5) is 0 Å². The van der Waals surface area contributed by atoms with Crippen LogP contribution in [0.15, 0.2) is 17.5 Å². The van der Waals surface area contributed by atoms with Crippen LogP contribution in [0.2, 0.25) is 0 Å². The number of hydrogen-bond acceptors (Lipinski definition) is 3. The van der Waals surface area contributed by atoms with E-state index in [1.807, 2.05) is 17.5 Å². The summed E-state index contributed by atoms with van der Waals surface area (Å²) < 4.78 is 0. The molecule has 2 nitrogen and oxygen atoms in total. The lowest BCUT2D eigenvalue weighted by molar-refractivity contribution is -0.118. The van der Waals surface area contributed by atoms with Crippen molar-refractivity contribution in [3.63, 3.8) is 0 Å². The molecule has 0 atom stereocenters. The molecule has 0 radical (unpaired) electrons. The second-order valence-corrected chi connectivity index (χ2v) is 4.60. The summed E-state index contributed by atoms with van der Waals surface area (Å²) in [6.07, 6.45) is 1.29. The molecule has 0 aliphatic heterocycles. The summed E-state index contributed by atoms with van der Waals surface area (Å²) in [4.78, 5) is 15.1. The quantitative estimate of drug-likeness (QED) is 0.711. The van der Waals surface area contributed by atoms with Crippen LogP contribution in [-0.2, 0) is 11.2 Å². The molecule has 1 rings (SSSR count). The minimum atomic E-state index is 0.351. The van der Waals surface area contributed by atoms with Crippen LogP contribution in [0.3, 0.4) is 0 Å². The van der Waals surface area contributed by atoms with Gasteiger partial charge in [-0.05, 0) is 24.5 Å². The number of nitrogens with zero attached hydrogens (tertiary/aromatic N) is 1. The number of carbonyl (C=O) groups excluding carboxylic acids is 1. The van der Waals surface area contributed by atoms with Crippen molar-refractivity contribution in [1.82, 2.24) is 4.90 Å². The van der Waals surface area contributed by atoms with Crippen molar-refractivity contribution in [1.29, 1.82) is 0 Å². The third-order valence-electron chi connectivity index (χ3n) is 2.55. The number of thiophene rings is 1. The van der Waals surface area contributed by atoms with Gasteiger partial charge in [0.05, 0.1) is 0 Å². The van der Waals surface area contributed by atoms with E-state index in [1.54, 1.807) is 11.3 Å². The maximum atomic E-state index is 11.6. The highest BCUT2D eigenvalue weighted by Gasteiger charge is 2.06. The van der Waals surface area contributed by atoms with E-state index < -0.39 is 0 Å². The highest BCUT2D eigenvalue weighted by atomic mass is 32.1. The molecule has 0 unspecified atom stereocenters. The van der Waals surface area contributed by atoms with Crippen LogP contribution in [0.1, 0.15) is 25.1 Å². The van der Waals surface area contributed by atoms with Gasteiger partial charge in [0.1, 0.15) is 5.78 Å². The Morgan fingerprint density at radius 1 is 1.40 bits per heavy atom. The molecule has 15 heavy (non-hydrogen) atoms. The van der Waals surface area contributed by atoms with Crippen molar-refractivity contribution in [3.8, 4) is 0 Å². The van der Waals surface area contributed by atoms with Crippen LogP contribution in [0.25, 0.3) is 0 Å². The molecular weight excluding hydrogens is 206 g/mol. The zero-order chi connectivity index (χ0) is 11.1. The van der Waals surface area contributed by atoms with Crippen LogP contribution in [0.5, 0.6) is 0 Å². The molecule has 0 saturated carbocycles. The van der Waals surface area contributed by atoms with Gasteiger partial charge in [-0.3, -0.25) is 4.79 Å². The molecule has 0 aromatic carbocycles. The van der Waals surface area contributed by atoms with Crippen molar-refractivity contribution >= 4 is 17.1 Å². The summed E-state index contributed by atoms with van der Waals surface area (Å²) in [6.45, 7) is 7.23. The van der Waals surface area contributed by atoms with E-state index in [1.165, 1.54) is 4.88 Å². The molecule has 3 heteroatoms. The molecule has 0 spiro atoms. The summed E-state index contributed by atoms with van der Waals surface area (Å²) in [5, 5.41) is 2.02. The van der Waals surface area contributed by atoms with Gasteiger partial charge in [-0.25, -0.2) is 0 Å². The summed E-state index contributed by atoms with van der Waals surface area (Å²) in [5.74, 6) is 0.351. The SMILES string of the molecule is CCN(CC)CCC(=O)Cc1cccs1. The van der Waals surface area contributed by atoms with E-state index in [-0.39, 0.29) is 0 Å². The second-order valence-electron chi connectivity index (χ2n) is 3.57. The number of hydrogen-bond donors (Lipinski definition) is 0. The first-order valence-electron chi connectivity index (χ1n) is 5.52. The van der Waals surface area contributed by atoms with Gasteiger partial charge in [-0.15, -0.1) is 11.3 Å². The summed E-state index contributed by atoms with van der Waals surface area (Å²) in [5.41, 5.74) is 0. The maximum Gasteiger partial charge on any atom is 0.139 e. The Hall–Kier alpha value is -0.670. The molecule has 1 aromatic rings. The predicted molar refractivity (Wildman–Crippen MR) is 65.4 cm³/mol. The Morgan fingerprint density at radius 2 is 2.13 bits per heavy atom. The average Bonchev–Trinajstić information content (AvgIpc) is 2.72. The molecular formula is C12H19NOS. The molecule has 0 bridgehead atoms. The normalized spacial score (nSPS) is 10.9. The average molecular weight is 225 g/mol. The first-order chi connectivity index (χ1) is 7.26. The van der Waals surface area contributed by atoms with E-state index in [9.17, 15) is 4.79 Å². The smallest absolute Gasteiger partial charge is 0.139 e. The standard InChI is InChI=1S/C12H19NOS/c1-3-13(4-2)8-7-11(14)10-12-6-5-9-15-12/h5-6,9H,3-4,7-8,10H2,1-2H3. The van der Waals surface area contributed by atoms with Gasteiger partial charge in [-0.2, -0.15) is 0 Å². The van der Waals surface area contributed by atoms with Crippen molar-refractivity contribution < 1.29 is 4.79 Å². The molecule has 0 aliphatic rings. The molecule has 0 saturated heterocycles. The van der Waals surface area contributed by atoms with E-state index in [0.717, 1.165) is 19.6 Å². The fraction of sp³-hybridized carbons (Fsp3) is 0.583. The Morgan fingerprint density at radius 3 is 2.67 bits per heavy atom. The lowest BCUT2D eigenvalue weighted by Gasteiger charge is -2.16. The Labute approximate surface area is 95.9 Å². The van der Waals surface area contributed by atoms with Crippen molar-refractivity contribution in [3.05, 3.63) is 22.4 Å². The molecule has 0 amide bonds. The largest absolute Gasteiger partial charge is 0.303 e. The summed E-state index contributed by atoms with van der Waals surface area (Å²) in [7, 11) is 0. The molecule has 0 N–H and O–H groups in total. The molecule has 1 heterocycles. The van der Waals surface area contributed by atoms with Crippen molar-refractivity contribution in [2.45, 2.75) is 26.7 Å². The van der Waals surface area contributed by atoms with Crippen molar-refractivity contribution in [2.24, 2.45) is 0 Å². The summed E-state index contributed by atoms with van der Waals surface area (Å²) >= 11 is 1.66. The van der Waals surface area contributed by atoms with E-state index in [0.29, 0.717) is 18.6 Å². The van der Waals surface area contributed by atoms with Gasteiger partial charge in [0.15, 0.2) is 0 Å². The van der Waals surface area contributed by atoms with E-state index in [2.05, 4.69) is 18.7 Å². The predicted octanol–water partition coefficient (Wildman–Crippen LogP) is 2.59. The fourth-order valence-corrected chi connectivity index (χ4v) is 2.25. The summed E-state index contributed by atoms with van der Waals surface area (Å²) in [6, 6.07) is 4.03. The van der Waals surface area contributed by atoms with Gasteiger partial charge in [0.25, 0.3) is 0 Å². The van der Waals surface area contributed by atoms with Crippen molar-refractivity contribution in [2.75, 3.05) is 19.6 Å². The number of Topliss-reactive ketones (excluding diaryl/α,β-unsaturated/α-hetero) is 1. The molecule has 84 valence electrons. The minimum Gasteiger partial charge on any atom is -0.303 e. The zero-order valence-corrected chi connectivity index (χ0v) is 10.3. The van der Waals surface area contributed by atoms with Crippen LogP contribution in [0, 0.1) is 0 Å². The van der Waals surface area contributed by atoms with E-state index >= 15 is 0 Å². The number of carbonyl (C=O) groups is 1. The van der Waals surface area contributed by atoms with Crippen LogP contribution < -0.4 is 0 Å². The third kappa shape index (κ3) is 4.58. The molecule has 0 fully saturated rings. The number of rotatable bonds is 7. The van der Waals surface area contributed by atoms with Gasteiger partial charge in [-0.1, -0.05) is 19.9 Å². The lowest BCUT2D eigenvalue weighted by Crippen LogP contribution is -2.26. The topological polar surface area (TPSA) is 20.3 Å². The maximum absolute atomic E-state index is 11.6. The van der Waals surface area contributed by atoms with Gasteiger partial charge in [0, 0.05) is 24.3 Å². The van der Waals surface area contributed by atoms with Gasteiger partial charge >= 0.3 is 0 Å². The third-order valence-corrected chi connectivity index (χ3v) is 3.43. The first-order valence-corrected chi connectivity index (χ1v) is 6.40. The molecule has 1 aromatic heterocycles. The van der Waals surface area contributed by atoms with Gasteiger partial charge in [0.2, 0.25) is 0 Å². The van der Waals surface area contributed by atoms with Crippen LogP contribution >= 0.6 is 11.3 Å². The highest BCUT2D eigenvalue weighted by molar-refractivity contribution is 7.10. The minimum absolute atomic E-state index is 0.351. The molecule has 0 aliphatic carbocycles. The Balaban J connectivity index is 2.24.